The second-order valence-corrected chi connectivity index (χ2v) is 5.44. The first-order valence-corrected chi connectivity index (χ1v) is 6.95. The number of nitrogens with zero attached hydrogens (tertiary/aromatic N) is 1. The van der Waals surface area contributed by atoms with Crippen LogP contribution in [0.25, 0.3) is 22.6 Å². The van der Waals surface area contributed by atoms with Crippen LogP contribution >= 0.6 is 27.5 Å². The van der Waals surface area contributed by atoms with E-state index in [1.165, 1.54) is 0 Å². The van der Waals surface area contributed by atoms with Gasteiger partial charge in [-0.2, -0.15) is 0 Å². The number of para-hydroxylation sites is 1. The summed E-state index contributed by atoms with van der Waals surface area (Å²) >= 11 is 9.50. The van der Waals surface area contributed by atoms with Crippen molar-refractivity contribution in [3.63, 3.8) is 0 Å². The van der Waals surface area contributed by atoms with Gasteiger partial charge < -0.3 is 14.9 Å². The molecule has 0 radical (unpaired) electrons. The molecule has 3 aromatic rings. The molecule has 0 amide bonds. The number of nitrogens with two attached hydrogens (primary N) is 1. The number of aromatic nitrogens is 1. The van der Waals surface area contributed by atoms with E-state index >= 15 is 0 Å². The maximum absolute atomic E-state index is 6.06. The number of fused-ring (bicyclic) bond motifs is 1. The molecule has 1 heterocycles. The molecule has 0 bridgehead atoms. The molecular formula is C14H10BrClN2O2. The molecule has 0 spiro atoms. The van der Waals surface area contributed by atoms with Gasteiger partial charge in [-0.15, -0.1) is 0 Å². The topological polar surface area (TPSA) is 61.3 Å². The SMILES string of the molecule is COc1cc(N)c(Cl)cc1-c1nc2cccc(Br)c2o1. The van der Waals surface area contributed by atoms with Gasteiger partial charge in [0.1, 0.15) is 11.3 Å². The van der Waals surface area contributed by atoms with Gasteiger partial charge in [0.25, 0.3) is 0 Å². The lowest BCUT2D eigenvalue weighted by Crippen LogP contribution is -1.93. The van der Waals surface area contributed by atoms with Crippen LogP contribution < -0.4 is 10.5 Å². The fourth-order valence-electron chi connectivity index (χ4n) is 1.94. The van der Waals surface area contributed by atoms with Crippen molar-refractivity contribution >= 4 is 44.3 Å². The molecule has 0 saturated heterocycles. The number of oxazole rings is 1. The van der Waals surface area contributed by atoms with Gasteiger partial charge in [-0.3, -0.25) is 0 Å². The Bertz CT molecular complexity index is 801. The zero-order valence-electron chi connectivity index (χ0n) is 10.5. The third kappa shape index (κ3) is 2.13. The molecule has 0 unspecified atom stereocenters. The predicted molar refractivity (Wildman–Crippen MR) is 83.1 cm³/mol. The molecule has 0 saturated carbocycles. The van der Waals surface area contributed by atoms with E-state index in [2.05, 4.69) is 20.9 Å². The van der Waals surface area contributed by atoms with Crippen LogP contribution in [0.5, 0.6) is 5.75 Å². The van der Waals surface area contributed by atoms with Crippen molar-refractivity contribution in [1.82, 2.24) is 4.98 Å². The molecule has 0 aliphatic heterocycles. The molecular weight excluding hydrogens is 344 g/mol. The van der Waals surface area contributed by atoms with E-state index < -0.39 is 0 Å². The normalized spacial score (nSPS) is 10.9. The zero-order chi connectivity index (χ0) is 14.3. The Labute approximate surface area is 128 Å². The molecule has 1 aromatic heterocycles. The van der Waals surface area contributed by atoms with Crippen molar-refractivity contribution in [3.05, 3.63) is 39.8 Å². The number of hydrogen-bond donors (Lipinski definition) is 1. The summed E-state index contributed by atoms with van der Waals surface area (Å²) in [6.45, 7) is 0. The number of hydrogen-bond acceptors (Lipinski definition) is 4. The highest BCUT2D eigenvalue weighted by Gasteiger charge is 2.16. The van der Waals surface area contributed by atoms with Crippen molar-refractivity contribution in [2.45, 2.75) is 0 Å². The number of methoxy groups -OCH3 is 1. The molecule has 0 aliphatic carbocycles. The minimum atomic E-state index is 0.433. The van der Waals surface area contributed by atoms with Crippen LogP contribution in [-0.4, -0.2) is 12.1 Å². The van der Waals surface area contributed by atoms with E-state index in [1.54, 1.807) is 19.2 Å². The minimum absolute atomic E-state index is 0.433. The van der Waals surface area contributed by atoms with E-state index in [1.807, 2.05) is 18.2 Å². The standard InChI is InChI=1S/C14H10BrClN2O2/c1-19-12-6-10(17)9(16)5-7(12)14-18-11-4-2-3-8(15)13(11)20-14/h2-6H,17H2,1H3. The lowest BCUT2D eigenvalue weighted by molar-refractivity contribution is 0.415. The fourth-order valence-corrected chi connectivity index (χ4v) is 2.54. The van der Waals surface area contributed by atoms with Crippen LogP contribution in [0.1, 0.15) is 0 Å². The summed E-state index contributed by atoms with van der Waals surface area (Å²) in [5.74, 6) is 1.00. The summed E-state index contributed by atoms with van der Waals surface area (Å²) in [5.41, 5.74) is 8.31. The van der Waals surface area contributed by atoms with E-state index in [9.17, 15) is 0 Å². The molecule has 20 heavy (non-hydrogen) atoms. The first kappa shape index (κ1) is 13.3. The van der Waals surface area contributed by atoms with E-state index in [-0.39, 0.29) is 0 Å². The predicted octanol–water partition coefficient (Wildman–Crippen LogP) is 4.50. The number of nitrogen functional groups attached to an aromatic ring is 1. The van der Waals surface area contributed by atoms with Gasteiger partial charge in [0.05, 0.1) is 27.9 Å². The van der Waals surface area contributed by atoms with Crippen LogP contribution in [0.4, 0.5) is 5.69 Å². The number of halogens is 2. The molecule has 2 aromatic carbocycles. The van der Waals surface area contributed by atoms with Crippen molar-refractivity contribution in [1.29, 1.82) is 0 Å². The summed E-state index contributed by atoms with van der Waals surface area (Å²) in [6, 6.07) is 9.00. The molecule has 0 atom stereocenters. The third-order valence-electron chi connectivity index (χ3n) is 2.92. The minimum Gasteiger partial charge on any atom is -0.496 e. The van der Waals surface area contributed by atoms with E-state index in [0.29, 0.717) is 33.5 Å². The van der Waals surface area contributed by atoms with Crippen molar-refractivity contribution in [3.8, 4) is 17.2 Å². The van der Waals surface area contributed by atoms with Crippen LogP contribution in [0, 0.1) is 0 Å². The van der Waals surface area contributed by atoms with Crippen LogP contribution in [0.2, 0.25) is 5.02 Å². The van der Waals surface area contributed by atoms with Gasteiger partial charge in [-0.25, -0.2) is 4.98 Å². The number of rotatable bonds is 2. The lowest BCUT2D eigenvalue weighted by atomic mass is 10.2. The van der Waals surface area contributed by atoms with E-state index in [4.69, 9.17) is 26.5 Å². The third-order valence-corrected chi connectivity index (χ3v) is 3.87. The lowest BCUT2D eigenvalue weighted by Gasteiger charge is -2.07. The van der Waals surface area contributed by atoms with E-state index in [0.717, 1.165) is 9.99 Å². The first-order valence-electron chi connectivity index (χ1n) is 5.78. The quantitative estimate of drug-likeness (QED) is 0.689. The molecule has 4 nitrogen and oxygen atoms in total. The van der Waals surface area contributed by atoms with Gasteiger partial charge in [0.2, 0.25) is 5.89 Å². The summed E-state index contributed by atoms with van der Waals surface area (Å²) in [4.78, 5) is 4.45. The van der Waals surface area contributed by atoms with Gasteiger partial charge in [-0.1, -0.05) is 17.7 Å². The highest BCUT2D eigenvalue weighted by atomic mass is 79.9. The monoisotopic (exact) mass is 352 g/mol. The van der Waals surface area contributed by atoms with Crippen molar-refractivity contribution in [2.75, 3.05) is 12.8 Å². The highest BCUT2D eigenvalue weighted by molar-refractivity contribution is 9.10. The summed E-state index contributed by atoms with van der Waals surface area (Å²) in [7, 11) is 1.56. The van der Waals surface area contributed by atoms with Crippen LogP contribution in [-0.2, 0) is 0 Å². The molecule has 0 aliphatic rings. The maximum atomic E-state index is 6.06. The second-order valence-electron chi connectivity index (χ2n) is 4.18. The average molecular weight is 354 g/mol. The Kier molecular flexibility index (Phi) is 3.31. The maximum Gasteiger partial charge on any atom is 0.231 e. The summed E-state index contributed by atoms with van der Waals surface area (Å²) < 4.78 is 11.9. The molecule has 6 heteroatoms. The van der Waals surface area contributed by atoms with Crippen LogP contribution in [0.15, 0.2) is 39.2 Å². The Balaban J connectivity index is 2.25. The highest BCUT2D eigenvalue weighted by Crippen LogP contribution is 2.37. The molecule has 0 fully saturated rings. The average Bonchev–Trinajstić information content (AvgIpc) is 2.86. The smallest absolute Gasteiger partial charge is 0.231 e. The van der Waals surface area contributed by atoms with Gasteiger partial charge in [-0.05, 0) is 34.1 Å². The second kappa shape index (κ2) is 5.00. The summed E-state index contributed by atoms with van der Waals surface area (Å²) in [5, 5.41) is 0.433. The first-order chi connectivity index (χ1) is 9.60. The number of ether oxygens (including phenoxy) is 1. The van der Waals surface area contributed by atoms with Crippen molar-refractivity contribution in [2.24, 2.45) is 0 Å². The Morgan fingerprint density at radius 1 is 1.35 bits per heavy atom. The van der Waals surface area contributed by atoms with Gasteiger partial charge in [0, 0.05) is 6.07 Å². The molecule has 2 N–H and O–H groups in total. The van der Waals surface area contributed by atoms with Gasteiger partial charge in [0.15, 0.2) is 5.58 Å². The largest absolute Gasteiger partial charge is 0.496 e. The fraction of sp³-hybridized carbons (Fsp3) is 0.0714. The summed E-state index contributed by atoms with van der Waals surface area (Å²) in [6.07, 6.45) is 0. The molecule has 3 rings (SSSR count). The Morgan fingerprint density at radius 3 is 2.85 bits per heavy atom. The number of benzene rings is 2. The Morgan fingerprint density at radius 2 is 2.15 bits per heavy atom. The number of anilines is 1. The molecule has 102 valence electrons. The van der Waals surface area contributed by atoms with Crippen LogP contribution in [0.3, 0.4) is 0 Å². The van der Waals surface area contributed by atoms with Crippen molar-refractivity contribution < 1.29 is 9.15 Å². The zero-order valence-corrected chi connectivity index (χ0v) is 12.8. The van der Waals surface area contributed by atoms with Gasteiger partial charge >= 0.3 is 0 Å². The Hall–Kier alpha value is -1.72.